The zero-order valence-corrected chi connectivity index (χ0v) is 12.5. The lowest BCUT2D eigenvalue weighted by atomic mass is 10.2. The molecule has 0 aliphatic rings. The van der Waals surface area contributed by atoms with Gasteiger partial charge < -0.3 is 14.3 Å². The van der Waals surface area contributed by atoms with Crippen LogP contribution in [0.4, 0.5) is 0 Å². The number of oxime groups is 1. The zero-order chi connectivity index (χ0) is 15.8. The third kappa shape index (κ3) is 4.34. The molecule has 0 heterocycles. The lowest BCUT2D eigenvalue weighted by molar-refractivity contribution is -0.126. The minimum absolute atomic E-state index is 0.301. The summed E-state index contributed by atoms with van der Waals surface area (Å²) in [6.45, 7) is 2.28. The first-order valence-electron chi connectivity index (χ1n) is 6.75. The first kappa shape index (κ1) is 15.6. The van der Waals surface area contributed by atoms with E-state index in [4.69, 9.17) is 9.47 Å². The maximum atomic E-state index is 11.6. The number of nitrogens with zero attached hydrogens (tertiary/aromatic N) is 1. The predicted octanol–water partition coefficient (Wildman–Crippen LogP) is 3.11. The van der Waals surface area contributed by atoms with E-state index in [1.54, 1.807) is 12.1 Å². The molecule has 0 aromatic heterocycles. The van der Waals surface area contributed by atoms with Crippen molar-refractivity contribution in [3.8, 4) is 11.5 Å². The summed E-state index contributed by atoms with van der Waals surface area (Å²) in [5, 5.41) is 3.37. The van der Waals surface area contributed by atoms with Crippen molar-refractivity contribution in [1.82, 2.24) is 0 Å². The molecule has 0 spiro atoms. The largest absolute Gasteiger partial charge is 0.488 e. The van der Waals surface area contributed by atoms with Crippen LogP contribution in [0.1, 0.15) is 11.1 Å². The second kappa shape index (κ2) is 7.83. The monoisotopic (exact) mass is 299 g/mol. The number of para-hydroxylation sites is 2. The molecule has 0 aliphatic carbocycles. The van der Waals surface area contributed by atoms with E-state index in [0.29, 0.717) is 12.4 Å². The van der Waals surface area contributed by atoms with Crippen molar-refractivity contribution in [2.24, 2.45) is 5.16 Å². The number of rotatable bonds is 6. The van der Waals surface area contributed by atoms with E-state index in [0.717, 1.165) is 23.1 Å². The fourth-order valence-corrected chi connectivity index (χ4v) is 1.83. The highest BCUT2D eigenvalue weighted by atomic mass is 16.6. The summed E-state index contributed by atoms with van der Waals surface area (Å²) in [7, 11) is 1.35. The standard InChI is InChI=1S/C17H17NO4/c1-13-7-3-5-9-15(13)21-12-14-8-4-6-10-16(14)22-17(19)11-18-20-2/h3-11H,12H2,1-2H3. The Hall–Kier alpha value is -2.82. The van der Waals surface area contributed by atoms with Gasteiger partial charge in [-0.25, -0.2) is 4.79 Å². The Morgan fingerprint density at radius 1 is 1.09 bits per heavy atom. The van der Waals surface area contributed by atoms with Crippen molar-refractivity contribution in [3.05, 3.63) is 59.7 Å². The molecule has 22 heavy (non-hydrogen) atoms. The maximum Gasteiger partial charge on any atom is 0.358 e. The number of carbonyl (C=O) groups excluding carboxylic acids is 1. The second-order valence-electron chi connectivity index (χ2n) is 4.50. The molecule has 0 aliphatic heterocycles. The van der Waals surface area contributed by atoms with Crippen molar-refractivity contribution in [2.45, 2.75) is 13.5 Å². The van der Waals surface area contributed by atoms with E-state index < -0.39 is 5.97 Å². The highest BCUT2D eigenvalue weighted by Crippen LogP contribution is 2.22. The molecule has 0 radical (unpaired) electrons. The smallest absolute Gasteiger partial charge is 0.358 e. The first-order chi connectivity index (χ1) is 10.7. The predicted molar refractivity (Wildman–Crippen MR) is 83.1 cm³/mol. The Balaban J connectivity index is 2.07. The number of esters is 1. The van der Waals surface area contributed by atoms with Gasteiger partial charge >= 0.3 is 5.97 Å². The number of carbonyl (C=O) groups is 1. The summed E-state index contributed by atoms with van der Waals surface area (Å²) in [4.78, 5) is 16.0. The molecule has 5 nitrogen and oxygen atoms in total. The van der Waals surface area contributed by atoms with Crippen molar-refractivity contribution in [3.63, 3.8) is 0 Å². The molecular formula is C17H17NO4. The average molecular weight is 299 g/mol. The molecule has 2 aromatic rings. The fraction of sp³-hybridized carbons (Fsp3) is 0.176. The van der Waals surface area contributed by atoms with Crippen LogP contribution in [-0.2, 0) is 16.2 Å². The number of ether oxygens (including phenoxy) is 2. The van der Waals surface area contributed by atoms with Gasteiger partial charge in [0.1, 0.15) is 25.2 Å². The Morgan fingerprint density at radius 2 is 1.77 bits per heavy atom. The Labute approximate surface area is 129 Å². The van der Waals surface area contributed by atoms with E-state index in [1.807, 2.05) is 43.3 Å². The Kier molecular flexibility index (Phi) is 5.54. The quantitative estimate of drug-likeness (QED) is 0.356. The summed E-state index contributed by atoms with van der Waals surface area (Å²) < 4.78 is 11.0. The molecule has 2 rings (SSSR count). The Morgan fingerprint density at radius 3 is 2.50 bits per heavy atom. The summed E-state index contributed by atoms with van der Waals surface area (Å²) in [6.07, 6.45) is 0.971. The van der Waals surface area contributed by atoms with Crippen LogP contribution < -0.4 is 9.47 Å². The Bertz CT molecular complexity index is 667. The minimum atomic E-state index is -0.606. The van der Waals surface area contributed by atoms with E-state index in [1.165, 1.54) is 7.11 Å². The van der Waals surface area contributed by atoms with Gasteiger partial charge in [-0.3, -0.25) is 0 Å². The average Bonchev–Trinajstić information content (AvgIpc) is 2.53. The molecule has 114 valence electrons. The molecule has 0 amide bonds. The van der Waals surface area contributed by atoms with Gasteiger partial charge in [0.2, 0.25) is 0 Å². The molecule has 2 aromatic carbocycles. The van der Waals surface area contributed by atoms with Crippen LogP contribution in [0.3, 0.4) is 0 Å². The SMILES string of the molecule is CON=CC(=O)Oc1ccccc1COc1ccccc1C. The van der Waals surface area contributed by atoms with Crippen molar-refractivity contribution in [1.29, 1.82) is 0 Å². The minimum Gasteiger partial charge on any atom is -0.488 e. The number of hydrogen-bond donors (Lipinski definition) is 0. The van der Waals surface area contributed by atoms with Crippen LogP contribution >= 0.6 is 0 Å². The molecule has 0 saturated heterocycles. The van der Waals surface area contributed by atoms with Crippen LogP contribution in [0.5, 0.6) is 11.5 Å². The molecule has 0 saturated carbocycles. The van der Waals surface area contributed by atoms with Gasteiger partial charge in [0.15, 0.2) is 6.21 Å². The molecule has 0 fully saturated rings. The normalized spacial score (nSPS) is 10.5. The van der Waals surface area contributed by atoms with Crippen LogP contribution in [-0.4, -0.2) is 19.3 Å². The van der Waals surface area contributed by atoms with Crippen LogP contribution in [0.15, 0.2) is 53.7 Å². The number of hydrogen-bond acceptors (Lipinski definition) is 5. The van der Waals surface area contributed by atoms with Crippen molar-refractivity contribution >= 4 is 12.2 Å². The fourth-order valence-electron chi connectivity index (χ4n) is 1.83. The van der Waals surface area contributed by atoms with E-state index in [9.17, 15) is 4.79 Å². The lowest BCUT2D eigenvalue weighted by Crippen LogP contribution is -2.11. The molecule has 0 unspecified atom stereocenters. The van der Waals surface area contributed by atoms with Gasteiger partial charge in [0, 0.05) is 5.56 Å². The molecule has 0 bridgehead atoms. The molecule has 0 N–H and O–H groups in total. The van der Waals surface area contributed by atoms with Crippen molar-refractivity contribution < 1.29 is 19.1 Å². The van der Waals surface area contributed by atoms with Crippen LogP contribution in [0, 0.1) is 6.92 Å². The highest BCUT2D eigenvalue weighted by molar-refractivity contribution is 6.23. The number of aryl methyl sites for hydroxylation is 1. The van der Waals surface area contributed by atoms with Gasteiger partial charge in [-0.05, 0) is 24.6 Å². The first-order valence-corrected chi connectivity index (χ1v) is 6.75. The topological polar surface area (TPSA) is 57.1 Å². The highest BCUT2D eigenvalue weighted by Gasteiger charge is 2.08. The summed E-state index contributed by atoms with van der Waals surface area (Å²) >= 11 is 0. The van der Waals surface area contributed by atoms with Crippen LogP contribution in [0.25, 0.3) is 0 Å². The molecule has 5 heteroatoms. The molecular weight excluding hydrogens is 282 g/mol. The van der Waals surface area contributed by atoms with Gasteiger partial charge in [0.25, 0.3) is 0 Å². The summed E-state index contributed by atoms with van der Waals surface area (Å²) in [5.74, 6) is 0.624. The van der Waals surface area contributed by atoms with E-state index in [2.05, 4.69) is 9.99 Å². The van der Waals surface area contributed by atoms with Gasteiger partial charge in [-0.1, -0.05) is 41.6 Å². The third-order valence-electron chi connectivity index (χ3n) is 2.92. The summed E-state index contributed by atoms with van der Waals surface area (Å²) in [6, 6.07) is 14.9. The number of benzene rings is 2. The van der Waals surface area contributed by atoms with Crippen molar-refractivity contribution in [2.75, 3.05) is 7.11 Å². The van der Waals surface area contributed by atoms with E-state index >= 15 is 0 Å². The van der Waals surface area contributed by atoms with Gasteiger partial charge in [-0.15, -0.1) is 0 Å². The van der Waals surface area contributed by atoms with E-state index in [-0.39, 0.29) is 0 Å². The maximum absolute atomic E-state index is 11.6. The summed E-state index contributed by atoms with van der Waals surface area (Å²) in [5.41, 5.74) is 1.81. The third-order valence-corrected chi connectivity index (χ3v) is 2.92. The van der Waals surface area contributed by atoms with Gasteiger partial charge in [-0.2, -0.15) is 0 Å². The zero-order valence-electron chi connectivity index (χ0n) is 12.5. The lowest BCUT2D eigenvalue weighted by Gasteiger charge is -2.11. The molecule has 0 atom stereocenters. The van der Waals surface area contributed by atoms with Crippen LogP contribution in [0.2, 0.25) is 0 Å². The van der Waals surface area contributed by atoms with Gasteiger partial charge in [0.05, 0.1) is 0 Å². The second-order valence-corrected chi connectivity index (χ2v) is 4.50.